The van der Waals surface area contributed by atoms with Gasteiger partial charge in [0.05, 0.1) is 18.1 Å². The molecule has 30 heavy (non-hydrogen) atoms. The molecule has 2 fully saturated rings. The van der Waals surface area contributed by atoms with Crippen LogP contribution in [0.4, 0.5) is 9.59 Å². The third-order valence-electron chi connectivity index (χ3n) is 5.60. The summed E-state index contributed by atoms with van der Waals surface area (Å²) in [5, 5.41) is 2.93. The van der Waals surface area contributed by atoms with Crippen LogP contribution in [0.5, 0.6) is 0 Å². The number of alkyl carbamates (subject to hydrolysis) is 1. The number of esters is 1. The van der Waals surface area contributed by atoms with Crippen molar-refractivity contribution in [1.82, 2.24) is 10.2 Å². The van der Waals surface area contributed by atoms with Crippen molar-refractivity contribution in [3.05, 3.63) is 35.9 Å². The minimum atomic E-state index is -0.864. The van der Waals surface area contributed by atoms with Gasteiger partial charge in [0, 0.05) is 13.1 Å². The van der Waals surface area contributed by atoms with Crippen molar-refractivity contribution in [1.29, 1.82) is 0 Å². The Bertz CT molecular complexity index is 806. The average molecular weight is 418 g/mol. The van der Waals surface area contributed by atoms with Gasteiger partial charge in [-0.1, -0.05) is 30.3 Å². The Labute approximate surface area is 176 Å². The van der Waals surface area contributed by atoms with Gasteiger partial charge in [-0.3, -0.25) is 4.79 Å². The zero-order chi connectivity index (χ0) is 22.0. The van der Waals surface area contributed by atoms with Gasteiger partial charge < -0.3 is 24.4 Å². The van der Waals surface area contributed by atoms with Crippen LogP contribution in [0, 0.1) is 5.41 Å². The van der Waals surface area contributed by atoms with Crippen molar-refractivity contribution >= 4 is 18.2 Å². The van der Waals surface area contributed by atoms with Crippen LogP contribution in [0.3, 0.4) is 0 Å². The van der Waals surface area contributed by atoms with Gasteiger partial charge >= 0.3 is 18.2 Å². The van der Waals surface area contributed by atoms with Crippen molar-refractivity contribution in [2.24, 2.45) is 5.41 Å². The fraction of sp³-hybridized carbons (Fsp3) is 0.591. The smallest absolute Gasteiger partial charge is 0.410 e. The van der Waals surface area contributed by atoms with E-state index in [4.69, 9.17) is 14.2 Å². The van der Waals surface area contributed by atoms with Crippen LogP contribution in [0.1, 0.15) is 45.6 Å². The van der Waals surface area contributed by atoms with Crippen LogP contribution < -0.4 is 5.32 Å². The molecule has 1 aliphatic carbocycles. The minimum Gasteiger partial charge on any atom is -0.469 e. The summed E-state index contributed by atoms with van der Waals surface area (Å²) in [6.45, 7) is 5.95. The third-order valence-corrected chi connectivity index (χ3v) is 5.60. The SMILES string of the molecule is COC(=O)[C@@]12CC[C@@](NC(=O)OCc3ccccc3)(CN(C(=O)OC(C)(C)C)C1)C2. The molecule has 1 heterocycles. The number of nitrogens with one attached hydrogen (secondary N) is 1. The number of fused-ring (bicyclic) bond motifs is 2. The number of ether oxygens (including phenoxy) is 3. The van der Waals surface area contributed by atoms with E-state index in [1.165, 1.54) is 12.0 Å². The zero-order valence-corrected chi connectivity index (χ0v) is 18.0. The standard InChI is InChI=1S/C22H30N2O6/c1-20(2,3)30-19(27)24-14-21(17(25)28-4)10-11-22(13-21,15-24)23-18(26)29-12-16-8-6-5-7-9-16/h5-9H,10-15H2,1-4H3,(H,23,26)/t21-,22+/m1/s1. The number of rotatable bonds is 4. The predicted molar refractivity (Wildman–Crippen MR) is 109 cm³/mol. The molecule has 0 aromatic heterocycles. The zero-order valence-electron chi connectivity index (χ0n) is 18.0. The number of carbonyl (C=O) groups excluding carboxylic acids is 3. The maximum absolute atomic E-state index is 12.7. The van der Waals surface area contributed by atoms with Gasteiger partial charge in [0.25, 0.3) is 0 Å². The molecule has 2 amide bonds. The normalized spacial score (nSPS) is 25.4. The van der Waals surface area contributed by atoms with E-state index >= 15 is 0 Å². The molecule has 1 saturated heterocycles. The number of piperidine rings is 1. The van der Waals surface area contributed by atoms with E-state index in [1.807, 2.05) is 30.3 Å². The van der Waals surface area contributed by atoms with Crippen LogP contribution in [-0.2, 0) is 25.6 Å². The van der Waals surface area contributed by atoms with Gasteiger partial charge in [0.2, 0.25) is 0 Å². The van der Waals surface area contributed by atoms with Crippen LogP contribution in [0.25, 0.3) is 0 Å². The highest BCUT2D eigenvalue weighted by Crippen LogP contribution is 2.49. The van der Waals surface area contributed by atoms with Gasteiger partial charge in [-0.15, -0.1) is 0 Å². The number of likely N-dealkylation sites (tertiary alicyclic amines) is 1. The molecular weight excluding hydrogens is 388 g/mol. The lowest BCUT2D eigenvalue weighted by atomic mass is 9.79. The predicted octanol–water partition coefficient (Wildman–Crippen LogP) is 3.25. The quantitative estimate of drug-likeness (QED) is 0.596. The molecule has 8 nitrogen and oxygen atoms in total. The molecule has 1 N–H and O–H groups in total. The first-order chi connectivity index (χ1) is 14.1. The highest BCUT2D eigenvalue weighted by Gasteiger charge is 2.60. The van der Waals surface area contributed by atoms with E-state index in [0.717, 1.165) is 5.56 Å². The van der Waals surface area contributed by atoms with Crippen molar-refractivity contribution in [2.75, 3.05) is 20.2 Å². The van der Waals surface area contributed by atoms with Crippen LogP contribution >= 0.6 is 0 Å². The van der Waals surface area contributed by atoms with Crippen molar-refractivity contribution < 1.29 is 28.6 Å². The molecule has 3 rings (SSSR count). The fourth-order valence-electron chi connectivity index (χ4n) is 4.39. The summed E-state index contributed by atoms with van der Waals surface area (Å²) in [6, 6.07) is 9.37. The van der Waals surface area contributed by atoms with Crippen molar-refractivity contribution in [3.63, 3.8) is 0 Å². The van der Waals surface area contributed by atoms with E-state index < -0.39 is 28.7 Å². The molecule has 0 spiro atoms. The Morgan fingerprint density at radius 3 is 2.43 bits per heavy atom. The van der Waals surface area contributed by atoms with E-state index in [9.17, 15) is 14.4 Å². The van der Waals surface area contributed by atoms with Crippen LogP contribution in [0.15, 0.2) is 30.3 Å². The summed E-state index contributed by atoms with van der Waals surface area (Å²) in [6.07, 6.45) is 0.360. The summed E-state index contributed by atoms with van der Waals surface area (Å²) in [5.74, 6) is -0.378. The Kier molecular flexibility index (Phi) is 5.97. The molecule has 1 aliphatic heterocycles. The number of amides is 2. The van der Waals surface area contributed by atoms with E-state index in [-0.39, 0.29) is 25.7 Å². The molecular formula is C22H30N2O6. The van der Waals surface area contributed by atoms with Crippen LogP contribution in [0.2, 0.25) is 0 Å². The molecule has 2 aliphatic rings. The number of carbonyl (C=O) groups is 3. The maximum atomic E-state index is 12.7. The summed E-state index contributed by atoms with van der Waals surface area (Å²) >= 11 is 0. The molecule has 1 aromatic carbocycles. The Hall–Kier alpha value is -2.77. The van der Waals surface area contributed by atoms with Gasteiger partial charge in [0.1, 0.15) is 12.2 Å². The highest BCUT2D eigenvalue weighted by atomic mass is 16.6. The van der Waals surface area contributed by atoms with Gasteiger partial charge in [-0.25, -0.2) is 9.59 Å². The van der Waals surface area contributed by atoms with Gasteiger partial charge in [-0.05, 0) is 45.6 Å². The lowest BCUT2D eigenvalue weighted by Gasteiger charge is -2.44. The first-order valence-corrected chi connectivity index (χ1v) is 10.1. The van der Waals surface area contributed by atoms with Gasteiger partial charge in [0.15, 0.2) is 0 Å². The lowest BCUT2D eigenvalue weighted by Crippen LogP contribution is -2.62. The Morgan fingerprint density at radius 1 is 1.10 bits per heavy atom. The molecule has 1 aromatic rings. The van der Waals surface area contributed by atoms with Crippen molar-refractivity contribution in [2.45, 2.75) is 57.8 Å². The number of benzene rings is 1. The first kappa shape index (κ1) is 21.9. The van der Waals surface area contributed by atoms with E-state index in [1.54, 1.807) is 20.8 Å². The molecule has 2 bridgehead atoms. The average Bonchev–Trinajstić information content (AvgIpc) is 2.96. The minimum absolute atomic E-state index is 0.140. The summed E-state index contributed by atoms with van der Waals surface area (Å²) < 4.78 is 15.9. The summed E-state index contributed by atoms with van der Waals surface area (Å²) in [7, 11) is 1.34. The number of methoxy groups -OCH3 is 1. The molecule has 0 radical (unpaired) electrons. The number of nitrogens with zero attached hydrogens (tertiary/aromatic N) is 1. The topological polar surface area (TPSA) is 94.2 Å². The second-order valence-corrected chi connectivity index (χ2v) is 9.25. The first-order valence-electron chi connectivity index (χ1n) is 10.1. The number of hydrogen-bond donors (Lipinski definition) is 1. The van der Waals surface area contributed by atoms with E-state index in [2.05, 4.69) is 5.32 Å². The summed E-state index contributed by atoms with van der Waals surface area (Å²) in [5.41, 5.74) is -1.42. The van der Waals surface area contributed by atoms with Gasteiger partial charge in [-0.2, -0.15) is 0 Å². The molecule has 0 unspecified atom stereocenters. The maximum Gasteiger partial charge on any atom is 0.410 e. The number of hydrogen-bond acceptors (Lipinski definition) is 6. The highest BCUT2D eigenvalue weighted by molar-refractivity contribution is 5.80. The lowest BCUT2D eigenvalue weighted by molar-refractivity contribution is -0.155. The Balaban J connectivity index is 1.73. The van der Waals surface area contributed by atoms with E-state index in [0.29, 0.717) is 19.3 Å². The van der Waals surface area contributed by atoms with Crippen LogP contribution in [-0.4, -0.2) is 54.4 Å². The third kappa shape index (κ3) is 4.86. The second kappa shape index (κ2) is 8.16. The largest absolute Gasteiger partial charge is 0.469 e. The molecule has 2 atom stereocenters. The second-order valence-electron chi connectivity index (χ2n) is 9.25. The Morgan fingerprint density at radius 2 is 1.80 bits per heavy atom. The molecule has 1 saturated carbocycles. The van der Waals surface area contributed by atoms with Crippen molar-refractivity contribution in [3.8, 4) is 0 Å². The fourth-order valence-corrected chi connectivity index (χ4v) is 4.39. The molecule has 8 heteroatoms. The summed E-state index contributed by atoms with van der Waals surface area (Å²) in [4.78, 5) is 39.4. The monoisotopic (exact) mass is 418 g/mol. The molecule has 164 valence electrons.